The monoisotopic (exact) mass is 411 g/mol. The number of halogens is 1. The number of ether oxygens (including phenoxy) is 4. The third-order valence-corrected chi connectivity index (χ3v) is 5.92. The summed E-state index contributed by atoms with van der Waals surface area (Å²) in [7, 11) is 0. The second kappa shape index (κ2) is 6.49. The van der Waals surface area contributed by atoms with Crippen molar-refractivity contribution >= 4 is 23.5 Å². The highest BCUT2D eigenvalue weighted by molar-refractivity contribution is 6.31. The highest BCUT2D eigenvalue weighted by Gasteiger charge is 2.37. The van der Waals surface area contributed by atoms with Crippen LogP contribution in [0.15, 0.2) is 30.0 Å². The van der Waals surface area contributed by atoms with Gasteiger partial charge in [0.05, 0.1) is 17.7 Å². The van der Waals surface area contributed by atoms with E-state index in [9.17, 15) is 4.79 Å². The van der Waals surface area contributed by atoms with Gasteiger partial charge in [-0.05, 0) is 43.2 Å². The number of fused-ring (bicyclic) bond motifs is 4. The minimum absolute atomic E-state index is 0.146. The first-order valence-electron chi connectivity index (χ1n) is 9.67. The number of allylic oxidation sites excluding steroid dienone is 1. The molecule has 0 radical (unpaired) electrons. The molecule has 2 aromatic carbocycles. The largest absolute Gasteiger partial charge is 0.478 e. The molecule has 0 unspecified atom stereocenters. The van der Waals surface area contributed by atoms with Gasteiger partial charge in [-0.3, -0.25) is 9.69 Å². The molecule has 6 nitrogen and oxygen atoms in total. The average Bonchev–Trinajstić information content (AvgIpc) is 3.53. The van der Waals surface area contributed by atoms with E-state index in [0.29, 0.717) is 47.0 Å². The van der Waals surface area contributed by atoms with Gasteiger partial charge in [-0.2, -0.15) is 0 Å². The van der Waals surface area contributed by atoms with Crippen molar-refractivity contribution in [3.8, 4) is 17.2 Å². The highest BCUT2D eigenvalue weighted by Crippen LogP contribution is 2.44. The van der Waals surface area contributed by atoms with Crippen molar-refractivity contribution in [2.24, 2.45) is 0 Å². The molecule has 7 heteroatoms. The van der Waals surface area contributed by atoms with Gasteiger partial charge >= 0.3 is 0 Å². The normalized spacial score (nSPS) is 21.7. The van der Waals surface area contributed by atoms with Crippen molar-refractivity contribution < 1.29 is 23.7 Å². The molecule has 0 aromatic heterocycles. The number of Topliss-reactive ketones (excluding diaryl/α,β-unsaturated/α-hetero) is 1. The molecule has 0 atom stereocenters. The number of hydrogen-bond donors (Lipinski definition) is 0. The lowest BCUT2D eigenvalue weighted by Gasteiger charge is -2.29. The Balaban J connectivity index is 1.39. The number of nitrogens with zero attached hydrogens (tertiary/aromatic N) is 1. The predicted octanol–water partition coefficient (Wildman–Crippen LogP) is 4.14. The number of ketones is 1. The lowest BCUT2D eigenvalue weighted by Crippen LogP contribution is -2.33. The van der Waals surface area contributed by atoms with E-state index in [1.807, 2.05) is 12.1 Å². The van der Waals surface area contributed by atoms with E-state index in [0.717, 1.165) is 23.4 Å². The second-order valence-electron chi connectivity index (χ2n) is 7.70. The molecule has 6 rings (SSSR count). The van der Waals surface area contributed by atoms with Crippen LogP contribution in [0.5, 0.6) is 17.2 Å². The minimum atomic E-state index is -0.146. The summed E-state index contributed by atoms with van der Waals surface area (Å²) in [5, 5.41) is 0.554. The molecule has 3 aliphatic heterocycles. The maximum atomic E-state index is 13.0. The third kappa shape index (κ3) is 2.90. The van der Waals surface area contributed by atoms with Gasteiger partial charge in [0.25, 0.3) is 0 Å². The van der Waals surface area contributed by atoms with Gasteiger partial charge in [0.1, 0.15) is 24.0 Å². The molecule has 1 fully saturated rings. The Hall–Kier alpha value is -2.54. The summed E-state index contributed by atoms with van der Waals surface area (Å²) in [6.07, 6.45) is 4.09. The molecule has 2 aromatic rings. The van der Waals surface area contributed by atoms with Gasteiger partial charge in [-0.15, -0.1) is 0 Å². The van der Waals surface area contributed by atoms with E-state index in [2.05, 4.69) is 4.90 Å². The van der Waals surface area contributed by atoms with Gasteiger partial charge in [-0.1, -0.05) is 11.6 Å². The Kier molecular flexibility index (Phi) is 3.88. The molecule has 3 heterocycles. The van der Waals surface area contributed by atoms with Crippen molar-refractivity contribution in [2.75, 3.05) is 13.5 Å². The Morgan fingerprint density at radius 2 is 2.03 bits per heavy atom. The van der Waals surface area contributed by atoms with Crippen molar-refractivity contribution in [2.45, 2.75) is 32.0 Å². The Bertz CT molecular complexity index is 1080. The third-order valence-electron chi connectivity index (χ3n) is 5.70. The maximum Gasteiger partial charge on any atom is 0.231 e. The van der Waals surface area contributed by atoms with Crippen LogP contribution in [0, 0.1) is 0 Å². The van der Waals surface area contributed by atoms with Crippen LogP contribution in [0.25, 0.3) is 6.08 Å². The first-order chi connectivity index (χ1) is 14.2. The molecule has 0 spiro atoms. The smallest absolute Gasteiger partial charge is 0.231 e. The van der Waals surface area contributed by atoms with Crippen molar-refractivity contribution in [3.05, 3.63) is 57.3 Å². The SMILES string of the molecule is O=C1/C(=C/c2cc(Cl)cc3c2OCOC3)Oc2c1ccc1c2CN(C2CC2)CO1. The zero-order valence-corrected chi connectivity index (χ0v) is 16.3. The zero-order valence-electron chi connectivity index (χ0n) is 15.6. The first kappa shape index (κ1) is 17.3. The lowest BCUT2D eigenvalue weighted by molar-refractivity contribution is -0.0165. The summed E-state index contributed by atoms with van der Waals surface area (Å²) < 4.78 is 23.0. The van der Waals surface area contributed by atoms with Crippen LogP contribution in [-0.2, 0) is 17.9 Å². The maximum absolute atomic E-state index is 13.0. The number of carbonyl (C=O) groups excluding carboxylic acids is 1. The average molecular weight is 412 g/mol. The fourth-order valence-electron chi connectivity index (χ4n) is 4.11. The van der Waals surface area contributed by atoms with Crippen LogP contribution in [-0.4, -0.2) is 30.2 Å². The van der Waals surface area contributed by atoms with Crippen molar-refractivity contribution in [1.29, 1.82) is 0 Å². The molecular weight excluding hydrogens is 394 g/mol. The van der Waals surface area contributed by atoms with Crippen molar-refractivity contribution in [3.63, 3.8) is 0 Å². The molecule has 1 aliphatic carbocycles. The molecular formula is C22H18ClNO5. The summed E-state index contributed by atoms with van der Waals surface area (Å²) in [5.74, 6) is 2.17. The quantitative estimate of drug-likeness (QED) is 0.692. The highest BCUT2D eigenvalue weighted by atomic mass is 35.5. The van der Waals surface area contributed by atoms with Crippen LogP contribution < -0.4 is 14.2 Å². The topological polar surface area (TPSA) is 57.2 Å². The Morgan fingerprint density at radius 1 is 1.14 bits per heavy atom. The van der Waals surface area contributed by atoms with Gasteiger partial charge < -0.3 is 18.9 Å². The zero-order chi connectivity index (χ0) is 19.5. The standard InChI is InChI=1S/C22H18ClNO5/c23-14-5-12(21-13(6-14)9-26-11-28-21)7-19-20(25)16-3-4-18-17(22(16)29-19)8-24(10-27-18)15-1-2-15/h3-7,15H,1-2,8-11H2/b19-7-. The van der Waals surface area contributed by atoms with Gasteiger partial charge in [-0.25, -0.2) is 0 Å². The molecule has 1 saturated carbocycles. The molecule has 0 bridgehead atoms. The van der Waals surface area contributed by atoms with Crippen molar-refractivity contribution in [1.82, 2.24) is 4.90 Å². The molecule has 4 aliphatic rings. The van der Waals surface area contributed by atoms with Crippen LogP contribution in [0.3, 0.4) is 0 Å². The van der Waals surface area contributed by atoms with E-state index in [1.54, 1.807) is 18.2 Å². The van der Waals surface area contributed by atoms with E-state index in [1.165, 1.54) is 12.8 Å². The fraction of sp³-hybridized carbons (Fsp3) is 0.318. The van der Waals surface area contributed by atoms with Gasteiger partial charge in [0.15, 0.2) is 12.6 Å². The summed E-state index contributed by atoms with van der Waals surface area (Å²) in [4.78, 5) is 15.3. The van der Waals surface area contributed by atoms with Crippen LogP contribution >= 0.6 is 11.6 Å². The van der Waals surface area contributed by atoms with Crippen LogP contribution in [0.2, 0.25) is 5.02 Å². The molecule has 0 amide bonds. The summed E-state index contributed by atoms with van der Waals surface area (Å²) in [6.45, 7) is 1.91. The van der Waals surface area contributed by atoms with E-state index >= 15 is 0 Å². The first-order valence-corrected chi connectivity index (χ1v) is 10.0. The van der Waals surface area contributed by atoms with Crippen LogP contribution in [0.4, 0.5) is 0 Å². The summed E-state index contributed by atoms with van der Waals surface area (Å²) >= 11 is 6.25. The summed E-state index contributed by atoms with van der Waals surface area (Å²) in [5.41, 5.74) is 3.06. The molecule has 0 saturated heterocycles. The second-order valence-corrected chi connectivity index (χ2v) is 8.14. The van der Waals surface area contributed by atoms with Gasteiger partial charge in [0, 0.05) is 28.7 Å². The number of hydrogen-bond acceptors (Lipinski definition) is 6. The number of rotatable bonds is 2. The van der Waals surface area contributed by atoms with E-state index in [4.69, 9.17) is 30.5 Å². The van der Waals surface area contributed by atoms with E-state index in [-0.39, 0.29) is 18.3 Å². The fourth-order valence-corrected chi connectivity index (χ4v) is 4.36. The molecule has 0 N–H and O–H groups in total. The lowest BCUT2D eigenvalue weighted by atomic mass is 10.0. The van der Waals surface area contributed by atoms with Gasteiger partial charge in [0.2, 0.25) is 5.78 Å². The number of carbonyl (C=O) groups is 1. The molecule has 148 valence electrons. The summed E-state index contributed by atoms with van der Waals surface area (Å²) in [6, 6.07) is 7.80. The van der Waals surface area contributed by atoms with Crippen LogP contribution in [0.1, 0.15) is 39.9 Å². The minimum Gasteiger partial charge on any atom is -0.478 e. The number of benzene rings is 2. The Morgan fingerprint density at radius 3 is 2.90 bits per heavy atom. The Labute approximate surface area is 172 Å². The van der Waals surface area contributed by atoms with E-state index < -0.39 is 0 Å². The molecule has 29 heavy (non-hydrogen) atoms. The predicted molar refractivity (Wildman–Crippen MR) is 105 cm³/mol.